The summed E-state index contributed by atoms with van der Waals surface area (Å²) in [6.45, 7) is 4.79. The smallest absolute Gasteiger partial charge is 0.246 e. The van der Waals surface area contributed by atoms with Crippen molar-refractivity contribution in [1.82, 2.24) is 34.8 Å². The highest BCUT2D eigenvalue weighted by Gasteiger charge is 2.27. The number of anilines is 1. The van der Waals surface area contributed by atoms with Crippen molar-refractivity contribution in [2.45, 2.75) is 13.5 Å². The summed E-state index contributed by atoms with van der Waals surface area (Å²) >= 11 is 0. The van der Waals surface area contributed by atoms with Crippen molar-refractivity contribution in [3.05, 3.63) is 54.7 Å². The van der Waals surface area contributed by atoms with Gasteiger partial charge in [-0.05, 0) is 30.7 Å². The molecule has 0 atom stereocenters. The third kappa shape index (κ3) is 4.32. The summed E-state index contributed by atoms with van der Waals surface area (Å²) in [5.41, 5.74) is 1.85. The van der Waals surface area contributed by atoms with E-state index in [4.69, 9.17) is 4.99 Å². The van der Waals surface area contributed by atoms with E-state index in [0.717, 1.165) is 29.6 Å². The summed E-state index contributed by atoms with van der Waals surface area (Å²) in [5.74, 6) is 1.51. The molecule has 0 spiro atoms. The Hall–Kier alpha value is -3.69. The molecule has 4 rings (SSSR count). The van der Waals surface area contributed by atoms with Gasteiger partial charge in [-0.2, -0.15) is 10.2 Å². The fourth-order valence-corrected chi connectivity index (χ4v) is 3.36. The molecule has 1 fully saturated rings. The molecular weight excluding hydrogens is 382 g/mol. The first kappa shape index (κ1) is 19.6. The third-order valence-electron chi connectivity index (χ3n) is 4.82. The Bertz CT molecular complexity index is 1020. The van der Waals surface area contributed by atoms with Crippen molar-refractivity contribution in [2.75, 3.05) is 31.1 Å². The minimum Gasteiger partial charge on any atom is -0.356 e. The van der Waals surface area contributed by atoms with Gasteiger partial charge < -0.3 is 15.1 Å². The highest BCUT2D eigenvalue weighted by Crippen LogP contribution is 2.16. The van der Waals surface area contributed by atoms with Gasteiger partial charge in [0.2, 0.25) is 5.91 Å². The number of hydrogen-bond donors (Lipinski definition) is 1. The van der Waals surface area contributed by atoms with Gasteiger partial charge in [0.1, 0.15) is 6.54 Å². The number of rotatable bonds is 5. The highest BCUT2D eigenvalue weighted by molar-refractivity contribution is 5.98. The molecular formula is C20H25N9O. The largest absolute Gasteiger partial charge is 0.356 e. The second kappa shape index (κ2) is 8.76. The number of aromatic nitrogens is 5. The molecule has 4 heterocycles. The summed E-state index contributed by atoms with van der Waals surface area (Å²) in [6.07, 6.45) is 8.90. The Morgan fingerprint density at radius 1 is 1.27 bits per heavy atom. The molecule has 0 bridgehead atoms. The van der Waals surface area contributed by atoms with Crippen LogP contribution >= 0.6 is 0 Å². The predicted octanol–water partition coefficient (Wildman–Crippen LogP) is 0.815. The summed E-state index contributed by atoms with van der Waals surface area (Å²) in [4.78, 5) is 25.6. The zero-order chi connectivity index (χ0) is 20.9. The molecule has 10 nitrogen and oxygen atoms in total. The summed E-state index contributed by atoms with van der Waals surface area (Å²) in [6, 6.07) is 5.76. The maximum atomic E-state index is 12.7. The van der Waals surface area contributed by atoms with Crippen LogP contribution in [0.5, 0.6) is 0 Å². The van der Waals surface area contributed by atoms with Gasteiger partial charge >= 0.3 is 0 Å². The summed E-state index contributed by atoms with van der Waals surface area (Å²) in [7, 11) is 1.84. The van der Waals surface area contributed by atoms with E-state index in [2.05, 4.69) is 20.5 Å². The molecule has 1 aliphatic rings. The molecule has 1 aliphatic heterocycles. The normalized spacial score (nSPS) is 15.0. The lowest BCUT2D eigenvalue weighted by Gasteiger charge is -2.35. The van der Waals surface area contributed by atoms with Crippen molar-refractivity contribution >= 4 is 17.6 Å². The Kier molecular flexibility index (Phi) is 5.73. The quantitative estimate of drug-likeness (QED) is 0.497. The van der Waals surface area contributed by atoms with E-state index in [9.17, 15) is 4.79 Å². The molecule has 30 heavy (non-hydrogen) atoms. The summed E-state index contributed by atoms with van der Waals surface area (Å²) in [5, 5.41) is 11.7. The molecule has 0 aliphatic carbocycles. The van der Waals surface area contributed by atoms with Crippen molar-refractivity contribution in [1.29, 1.82) is 0 Å². The average molecular weight is 407 g/mol. The molecule has 0 radical (unpaired) electrons. The number of nitrogens with zero attached hydrogens (tertiary/aromatic N) is 8. The first-order chi connectivity index (χ1) is 14.6. The van der Waals surface area contributed by atoms with Crippen LogP contribution in [0.3, 0.4) is 0 Å². The molecule has 1 saturated heterocycles. The molecule has 0 unspecified atom stereocenters. The van der Waals surface area contributed by atoms with Crippen LogP contribution in [-0.4, -0.2) is 67.5 Å². The van der Waals surface area contributed by atoms with Crippen molar-refractivity contribution in [3.8, 4) is 5.82 Å². The number of carbonyl (C=O) groups is 1. The zero-order valence-corrected chi connectivity index (χ0v) is 17.1. The van der Waals surface area contributed by atoms with Gasteiger partial charge in [-0.15, -0.1) is 0 Å². The zero-order valence-electron chi connectivity index (χ0n) is 17.1. The first-order valence-electron chi connectivity index (χ1n) is 9.91. The molecule has 0 saturated carbocycles. The van der Waals surface area contributed by atoms with Gasteiger partial charge in [-0.1, -0.05) is 0 Å². The van der Waals surface area contributed by atoms with Crippen LogP contribution in [0.15, 0.2) is 54.2 Å². The Labute approximate surface area is 174 Å². The maximum absolute atomic E-state index is 12.7. The van der Waals surface area contributed by atoms with Gasteiger partial charge in [0.05, 0.1) is 18.4 Å². The molecule has 156 valence electrons. The van der Waals surface area contributed by atoms with E-state index < -0.39 is 0 Å². The van der Waals surface area contributed by atoms with Gasteiger partial charge in [0.25, 0.3) is 0 Å². The van der Waals surface area contributed by atoms with Crippen molar-refractivity contribution < 1.29 is 4.79 Å². The standard InChI is InChI=1S/C20H25N9O/c1-3-21-20(23-12-16-5-7-22-18(11-16)29-8-4-6-24-29)27-9-10-28(19(30)15-27)17-13-25-26(2)14-17/h4-8,11,13-14H,3,9-10,12,15H2,1-2H3,(H,21,23). The highest BCUT2D eigenvalue weighted by atomic mass is 16.2. The third-order valence-corrected chi connectivity index (χ3v) is 4.82. The lowest BCUT2D eigenvalue weighted by atomic mass is 10.2. The number of guanidine groups is 1. The minimum absolute atomic E-state index is 0.0322. The molecule has 0 aromatic carbocycles. The van der Waals surface area contributed by atoms with Gasteiger partial charge in [0.15, 0.2) is 11.8 Å². The van der Waals surface area contributed by atoms with Crippen molar-refractivity contribution in [3.63, 3.8) is 0 Å². The van der Waals surface area contributed by atoms with Crippen LogP contribution in [0.2, 0.25) is 0 Å². The average Bonchev–Trinajstić information content (AvgIpc) is 3.43. The van der Waals surface area contributed by atoms with E-state index >= 15 is 0 Å². The molecule has 1 amide bonds. The minimum atomic E-state index is 0.0322. The van der Waals surface area contributed by atoms with Crippen LogP contribution in [0.1, 0.15) is 12.5 Å². The van der Waals surface area contributed by atoms with Gasteiger partial charge in [-0.25, -0.2) is 14.7 Å². The van der Waals surface area contributed by atoms with Gasteiger partial charge in [0, 0.05) is 51.5 Å². The van der Waals surface area contributed by atoms with Crippen molar-refractivity contribution in [2.24, 2.45) is 12.0 Å². The van der Waals surface area contributed by atoms with Crippen LogP contribution in [-0.2, 0) is 18.4 Å². The fraction of sp³-hybridized carbons (Fsp3) is 0.350. The lowest BCUT2D eigenvalue weighted by molar-refractivity contribution is -0.120. The number of amides is 1. The number of aryl methyl sites for hydroxylation is 1. The summed E-state index contributed by atoms with van der Waals surface area (Å²) < 4.78 is 3.42. The lowest BCUT2D eigenvalue weighted by Crippen LogP contribution is -2.55. The van der Waals surface area contributed by atoms with Crippen LogP contribution < -0.4 is 10.2 Å². The number of piperazine rings is 1. The van der Waals surface area contributed by atoms with E-state index in [1.54, 1.807) is 32.9 Å². The fourth-order valence-electron chi connectivity index (χ4n) is 3.36. The van der Waals surface area contributed by atoms with E-state index in [-0.39, 0.29) is 12.5 Å². The van der Waals surface area contributed by atoms with E-state index in [0.29, 0.717) is 19.6 Å². The molecule has 3 aromatic rings. The Morgan fingerprint density at radius 2 is 2.17 bits per heavy atom. The number of hydrogen-bond acceptors (Lipinski definition) is 5. The molecule has 10 heteroatoms. The Balaban J connectivity index is 1.46. The van der Waals surface area contributed by atoms with E-state index in [1.807, 2.05) is 49.5 Å². The number of nitrogens with one attached hydrogen (secondary N) is 1. The predicted molar refractivity (Wildman–Crippen MR) is 113 cm³/mol. The molecule has 1 N–H and O–H groups in total. The second-order valence-corrected chi connectivity index (χ2v) is 6.98. The SMILES string of the molecule is CCNC(=NCc1ccnc(-n2cccn2)c1)N1CCN(c2cnn(C)c2)C(=O)C1. The number of pyridine rings is 1. The van der Waals surface area contributed by atoms with Crippen LogP contribution in [0.25, 0.3) is 5.82 Å². The topological polar surface area (TPSA) is 96.5 Å². The Morgan fingerprint density at radius 3 is 2.87 bits per heavy atom. The van der Waals surface area contributed by atoms with Crippen LogP contribution in [0, 0.1) is 0 Å². The van der Waals surface area contributed by atoms with E-state index in [1.165, 1.54) is 0 Å². The second-order valence-electron chi connectivity index (χ2n) is 6.98. The first-order valence-corrected chi connectivity index (χ1v) is 9.91. The number of carbonyl (C=O) groups excluding carboxylic acids is 1. The molecule has 3 aromatic heterocycles. The number of aliphatic imine (C=N–C) groups is 1. The van der Waals surface area contributed by atoms with Crippen LogP contribution in [0.4, 0.5) is 5.69 Å². The maximum Gasteiger partial charge on any atom is 0.246 e. The monoisotopic (exact) mass is 407 g/mol. The van der Waals surface area contributed by atoms with Gasteiger partial charge in [-0.3, -0.25) is 9.48 Å².